The van der Waals surface area contributed by atoms with E-state index in [1.165, 1.54) is 6.20 Å². The highest BCUT2D eigenvalue weighted by Crippen LogP contribution is 2.18. The molecule has 1 aromatic carbocycles. The lowest BCUT2D eigenvalue weighted by Crippen LogP contribution is -2.41. The molecule has 0 saturated heterocycles. The van der Waals surface area contributed by atoms with Crippen LogP contribution in [0.25, 0.3) is 5.65 Å². The molecule has 9 nitrogen and oxygen atoms in total. The average Bonchev–Trinajstić information content (AvgIpc) is 3.16. The summed E-state index contributed by atoms with van der Waals surface area (Å²) in [6.45, 7) is 5.68. The summed E-state index contributed by atoms with van der Waals surface area (Å²) >= 11 is 0. The summed E-state index contributed by atoms with van der Waals surface area (Å²) in [5, 5.41) is 4.17. The third-order valence-corrected chi connectivity index (χ3v) is 5.02. The molecule has 9 heteroatoms. The molecule has 0 aliphatic carbocycles. The fourth-order valence-electron chi connectivity index (χ4n) is 3.24. The lowest BCUT2D eigenvalue weighted by molar-refractivity contribution is -0.121. The molecule has 0 radical (unpaired) electrons. The van der Waals surface area contributed by atoms with Gasteiger partial charge in [-0.15, -0.1) is 0 Å². The molecule has 0 aliphatic heterocycles. The van der Waals surface area contributed by atoms with Gasteiger partial charge in [-0.2, -0.15) is 5.10 Å². The van der Waals surface area contributed by atoms with Crippen molar-refractivity contribution in [1.82, 2.24) is 25.4 Å². The van der Waals surface area contributed by atoms with E-state index in [2.05, 4.69) is 20.9 Å². The number of hydrogen-bond acceptors (Lipinski definition) is 5. The van der Waals surface area contributed by atoms with E-state index in [4.69, 9.17) is 5.73 Å². The van der Waals surface area contributed by atoms with Crippen molar-refractivity contribution in [3.05, 3.63) is 64.1 Å². The molecule has 4 N–H and O–H groups in total. The minimum atomic E-state index is -0.594. The first-order valence-electron chi connectivity index (χ1n) is 9.63. The summed E-state index contributed by atoms with van der Waals surface area (Å²) in [5.41, 5.74) is 14.8. The molecule has 0 fully saturated rings. The first kappa shape index (κ1) is 21.0. The van der Waals surface area contributed by atoms with Gasteiger partial charge in [0.25, 0.3) is 11.8 Å². The Bertz CT molecular complexity index is 1120. The topological polar surface area (TPSA) is 131 Å². The number of aryl methyl sites for hydroxylation is 3. The second-order valence-electron chi connectivity index (χ2n) is 6.97. The summed E-state index contributed by atoms with van der Waals surface area (Å²) in [6.07, 6.45) is 2.82. The molecule has 3 aromatic rings. The van der Waals surface area contributed by atoms with E-state index < -0.39 is 5.91 Å². The van der Waals surface area contributed by atoms with Crippen LogP contribution in [0.4, 0.5) is 0 Å². The number of primary amides is 1. The smallest absolute Gasteiger partial charge is 0.269 e. The Morgan fingerprint density at radius 1 is 1.10 bits per heavy atom. The van der Waals surface area contributed by atoms with Gasteiger partial charge in [0, 0.05) is 23.4 Å². The van der Waals surface area contributed by atoms with E-state index in [1.54, 1.807) is 23.6 Å². The Hall–Kier alpha value is -3.75. The Balaban J connectivity index is 1.62. The van der Waals surface area contributed by atoms with Crippen LogP contribution < -0.4 is 16.6 Å². The van der Waals surface area contributed by atoms with Gasteiger partial charge in [0.1, 0.15) is 5.56 Å². The van der Waals surface area contributed by atoms with Gasteiger partial charge in [0.15, 0.2) is 5.65 Å². The Morgan fingerprint density at radius 3 is 2.43 bits per heavy atom. The number of rotatable bonds is 6. The summed E-state index contributed by atoms with van der Waals surface area (Å²) < 4.78 is 1.54. The van der Waals surface area contributed by atoms with Crippen molar-refractivity contribution in [2.45, 2.75) is 40.0 Å². The molecule has 0 atom stereocenters. The van der Waals surface area contributed by atoms with Gasteiger partial charge in [-0.1, -0.05) is 19.1 Å². The molecule has 3 rings (SSSR count). The monoisotopic (exact) mass is 408 g/mol. The van der Waals surface area contributed by atoms with Crippen molar-refractivity contribution in [2.24, 2.45) is 5.73 Å². The molecule has 0 spiro atoms. The third kappa shape index (κ3) is 4.29. The molecule has 0 unspecified atom stereocenters. The summed E-state index contributed by atoms with van der Waals surface area (Å²) in [6, 6.07) is 7.20. The van der Waals surface area contributed by atoms with E-state index in [1.807, 2.05) is 26.0 Å². The zero-order valence-electron chi connectivity index (χ0n) is 17.2. The van der Waals surface area contributed by atoms with Crippen LogP contribution in [0.3, 0.4) is 0 Å². The molecule has 30 heavy (non-hydrogen) atoms. The lowest BCUT2D eigenvalue weighted by Gasteiger charge is -2.12. The third-order valence-electron chi connectivity index (χ3n) is 5.02. The number of nitrogens with one attached hydrogen (secondary N) is 2. The van der Waals surface area contributed by atoms with E-state index in [0.717, 1.165) is 23.2 Å². The number of amides is 3. The van der Waals surface area contributed by atoms with Crippen molar-refractivity contribution in [2.75, 3.05) is 0 Å². The number of nitrogens with zero attached hydrogens (tertiary/aromatic N) is 3. The fraction of sp³-hybridized carbons (Fsp3) is 0.286. The molecule has 3 amide bonds. The Labute approximate surface area is 173 Å². The zero-order chi connectivity index (χ0) is 21.8. The van der Waals surface area contributed by atoms with Crippen LogP contribution in [0, 0.1) is 13.8 Å². The maximum atomic E-state index is 12.2. The van der Waals surface area contributed by atoms with Crippen molar-refractivity contribution < 1.29 is 14.4 Å². The highest BCUT2D eigenvalue weighted by Gasteiger charge is 2.17. The molecule has 0 bridgehead atoms. The van der Waals surface area contributed by atoms with E-state index in [9.17, 15) is 14.4 Å². The minimum Gasteiger partial charge on any atom is -0.365 e. The van der Waals surface area contributed by atoms with Crippen LogP contribution in [-0.4, -0.2) is 32.3 Å². The largest absolute Gasteiger partial charge is 0.365 e. The number of fused-ring (bicyclic) bond motifs is 1. The van der Waals surface area contributed by atoms with Crippen molar-refractivity contribution in [1.29, 1.82) is 0 Å². The molecule has 0 aliphatic rings. The fourth-order valence-corrected chi connectivity index (χ4v) is 3.24. The second-order valence-corrected chi connectivity index (χ2v) is 6.97. The molecule has 156 valence electrons. The van der Waals surface area contributed by atoms with Crippen molar-refractivity contribution in [3.8, 4) is 0 Å². The summed E-state index contributed by atoms with van der Waals surface area (Å²) in [5.74, 6) is -1.30. The number of hydrogen-bond donors (Lipinski definition) is 3. The van der Waals surface area contributed by atoms with Crippen LogP contribution in [0.1, 0.15) is 56.6 Å². The van der Waals surface area contributed by atoms with Gasteiger partial charge >= 0.3 is 0 Å². The SMILES string of the molecule is CCc1ccc(C(=O)NNC(=O)CCc2c(C)nc3c(C(N)=O)cnn3c2C)cc1. The zero-order valence-corrected chi connectivity index (χ0v) is 17.2. The maximum absolute atomic E-state index is 12.2. The predicted octanol–water partition coefficient (Wildman–Crippen LogP) is 1.40. The van der Waals surface area contributed by atoms with Crippen molar-refractivity contribution >= 4 is 23.4 Å². The number of carbonyl (C=O) groups is 3. The van der Waals surface area contributed by atoms with Gasteiger partial charge in [-0.05, 0) is 49.9 Å². The first-order chi connectivity index (χ1) is 14.3. The standard InChI is InChI=1S/C21H24N6O3/c1-4-14-5-7-15(8-6-14)21(30)26-25-18(28)10-9-16-12(2)24-20-17(19(22)29)11-23-27(20)13(16)3/h5-8,11H,4,9-10H2,1-3H3,(H2,22,29)(H,25,28)(H,26,30). The van der Waals surface area contributed by atoms with Gasteiger partial charge in [0.05, 0.1) is 6.20 Å². The number of hydrazine groups is 1. The highest BCUT2D eigenvalue weighted by atomic mass is 16.2. The Kier molecular flexibility index (Phi) is 6.10. The van der Waals surface area contributed by atoms with Gasteiger partial charge in [-0.3, -0.25) is 25.2 Å². The predicted molar refractivity (Wildman–Crippen MR) is 111 cm³/mol. The van der Waals surface area contributed by atoms with Gasteiger partial charge in [-0.25, -0.2) is 9.50 Å². The molecular formula is C21H24N6O3. The van der Waals surface area contributed by atoms with Gasteiger partial charge < -0.3 is 5.73 Å². The van der Waals surface area contributed by atoms with E-state index in [0.29, 0.717) is 23.3 Å². The normalized spacial score (nSPS) is 10.8. The van der Waals surface area contributed by atoms with E-state index >= 15 is 0 Å². The van der Waals surface area contributed by atoms with Crippen LogP contribution in [-0.2, 0) is 17.6 Å². The molecule has 2 aromatic heterocycles. The quantitative estimate of drug-likeness (QED) is 0.531. The minimum absolute atomic E-state index is 0.147. The number of nitrogens with two attached hydrogens (primary N) is 1. The van der Waals surface area contributed by atoms with Gasteiger partial charge in [0.2, 0.25) is 5.91 Å². The summed E-state index contributed by atoms with van der Waals surface area (Å²) in [7, 11) is 0. The van der Waals surface area contributed by atoms with Crippen LogP contribution in [0.2, 0.25) is 0 Å². The van der Waals surface area contributed by atoms with Crippen LogP contribution >= 0.6 is 0 Å². The molecule has 0 saturated carbocycles. The number of aromatic nitrogens is 3. The average molecular weight is 408 g/mol. The highest BCUT2D eigenvalue weighted by molar-refractivity contribution is 5.98. The Morgan fingerprint density at radius 2 is 1.80 bits per heavy atom. The molecule has 2 heterocycles. The maximum Gasteiger partial charge on any atom is 0.269 e. The van der Waals surface area contributed by atoms with E-state index in [-0.39, 0.29) is 23.8 Å². The lowest BCUT2D eigenvalue weighted by atomic mass is 10.1. The van der Waals surface area contributed by atoms with Crippen LogP contribution in [0.15, 0.2) is 30.5 Å². The summed E-state index contributed by atoms with van der Waals surface area (Å²) in [4.78, 5) is 40.3. The number of carbonyl (C=O) groups excluding carboxylic acids is 3. The second kappa shape index (κ2) is 8.73. The molecular weight excluding hydrogens is 384 g/mol. The van der Waals surface area contributed by atoms with Crippen LogP contribution in [0.5, 0.6) is 0 Å². The number of benzene rings is 1. The first-order valence-corrected chi connectivity index (χ1v) is 9.63. The van der Waals surface area contributed by atoms with Crippen molar-refractivity contribution in [3.63, 3.8) is 0 Å².